The topological polar surface area (TPSA) is 38.5 Å². The largest absolute Gasteiger partial charge is 0.367 e. The molecule has 2 unspecified atom stereocenters. The summed E-state index contributed by atoms with van der Waals surface area (Å²) in [5, 5.41) is 0. The van der Waals surface area contributed by atoms with Crippen LogP contribution in [0.1, 0.15) is 46.2 Å². The number of ether oxygens (including phenoxy) is 1. The van der Waals surface area contributed by atoms with Crippen LogP contribution in [0.2, 0.25) is 0 Å². The van der Waals surface area contributed by atoms with Crippen molar-refractivity contribution in [1.29, 1.82) is 0 Å². The Morgan fingerprint density at radius 3 is 2.24 bits per heavy atom. The van der Waals surface area contributed by atoms with E-state index in [0.717, 1.165) is 17.6 Å². The third-order valence-corrected chi connectivity index (χ3v) is 4.30. The van der Waals surface area contributed by atoms with Crippen LogP contribution >= 0.6 is 15.9 Å². The average Bonchev–Trinajstić information content (AvgIpc) is 2.23. The molecule has 1 aromatic carbocycles. The van der Waals surface area contributed by atoms with Gasteiger partial charge in [0.1, 0.15) is 0 Å². The van der Waals surface area contributed by atoms with E-state index in [9.17, 15) is 0 Å². The summed E-state index contributed by atoms with van der Waals surface area (Å²) in [6.45, 7) is 12.5. The van der Waals surface area contributed by atoms with Crippen molar-refractivity contribution in [2.24, 2.45) is 5.73 Å². The van der Waals surface area contributed by atoms with E-state index in [0.29, 0.717) is 0 Å². The maximum atomic E-state index is 6.33. The molecule has 0 radical (unpaired) electrons. The Balaban J connectivity index is 2.34. The molecule has 1 aliphatic rings. The Bertz CT molecular complexity index is 483. The summed E-state index contributed by atoms with van der Waals surface area (Å²) in [6, 6.07) is 8.71. The van der Waals surface area contributed by atoms with Crippen LogP contribution in [-0.2, 0) is 4.74 Å². The van der Waals surface area contributed by atoms with E-state index in [1.807, 2.05) is 0 Å². The molecule has 2 rings (SSSR count). The molecular weight excluding hydrogens is 328 g/mol. The lowest BCUT2D eigenvalue weighted by Gasteiger charge is -2.50. The van der Waals surface area contributed by atoms with Crippen molar-refractivity contribution >= 4 is 15.9 Å². The van der Waals surface area contributed by atoms with Crippen LogP contribution in [0.3, 0.4) is 0 Å². The van der Waals surface area contributed by atoms with E-state index in [-0.39, 0.29) is 23.3 Å². The van der Waals surface area contributed by atoms with Gasteiger partial charge in [0, 0.05) is 29.6 Å². The molecule has 1 aliphatic heterocycles. The van der Waals surface area contributed by atoms with Crippen LogP contribution in [0, 0.1) is 0 Å². The first-order chi connectivity index (χ1) is 9.60. The lowest BCUT2D eigenvalue weighted by molar-refractivity contribution is -0.189. The van der Waals surface area contributed by atoms with Gasteiger partial charge in [-0.3, -0.25) is 4.90 Å². The van der Waals surface area contributed by atoms with Crippen LogP contribution in [0.25, 0.3) is 0 Å². The summed E-state index contributed by atoms with van der Waals surface area (Å²) in [4.78, 5) is 2.47. The lowest BCUT2D eigenvalue weighted by atomic mass is 9.92. The molecule has 0 aromatic heterocycles. The minimum absolute atomic E-state index is 0.0593. The third kappa shape index (κ3) is 4.28. The van der Waals surface area contributed by atoms with E-state index in [4.69, 9.17) is 10.5 Å². The summed E-state index contributed by atoms with van der Waals surface area (Å²) in [7, 11) is 0. The van der Waals surface area contributed by atoms with E-state index in [1.165, 1.54) is 5.56 Å². The molecule has 0 spiro atoms. The third-order valence-electron chi connectivity index (χ3n) is 3.80. The first kappa shape index (κ1) is 16.9. The van der Waals surface area contributed by atoms with Crippen molar-refractivity contribution in [3.8, 4) is 0 Å². The molecule has 0 amide bonds. The summed E-state index contributed by atoms with van der Waals surface area (Å²) < 4.78 is 7.28. The average molecular weight is 355 g/mol. The first-order valence-electron chi connectivity index (χ1n) is 7.55. The lowest BCUT2D eigenvalue weighted by Crippen LogP contribution is -2.59. The summed E-state index contributed by atoms with van der Waals surface area (Å²) in [5.41, 5.74) is 7.25. The molecule has 1 fully saturated rings. The van der Waals surface area contributed by atoms with Crippen LogP contribution in [0.4, 0.5) is 0 Å². The van der Waals surface area contributed by atoms with Crippen LogP contribution in [0.15, 0.2) is 28.7 Å². The number of morpholine rings is 1. The number of hydrogen-bond acceptors (Lipinski definition) is 3. The Morgan fingerprint density at radius 1 is 1.19 bits per heavy atom. The monoisotopic (exact) mass is 354 g/mol. The highest BCUT2D eigenvalue weighted by atomic mass is 79.9. The highest BCUT2D eigenvalue weighted by molar-refractivity contribution is 9.10. The van der Waals surface area contributed by atoms with Gasteiger partial charge < -0.3 is 10.5 Å². The molecule has 118 valence electrons. The second-order valence-electron chi connectivity index (χ2n) is 7.39. The maximum absolute atomic E-state index is 6.33. The fourth-order valence-electron chi connectivity index (χ4n) is 3.58. The van der Waals surface area contributed by atoms with Gasteiger partial charge in [-0.15, -0.1) is 0 Å². The fraction of sp³-hybridized carbons (Fsp3) is 0.647. The van der Waals surface area contributed by atoms with Gasteiger partial charge in [0.2, 0.25) is 0 Å². The predicted octanol–water partition coefficient (Wildman–Crippen LogP) is 3.73. The van der Waals surface area contributed by atoms with Crippen molar-refractivity contribution < 1.29 is 4.74 Å². The summed E-state index contributed by atoms with van der Waals surface area (Å²) in [5.74, 6) is 0. The standard InChI is InChI=1S/C17H27BrN2O/c1-12(19)15(13-7-6-8-14(18)9-13)20-10-16(2,3)21-17(4,5)11-20/h6-9,12,15H,10-11,19H2,1-5H3. The van der Waals surface area contributed by atoms with Crippen molar-refractivity contribution in [2.75, 3.05) is 13.1 Å². The number of nitrogens with two attached hydrogens (primary N) is 1. The molecule has 3 nitrogen and oxygen atoms in total. The van der Waals surface area contributed by atoms with Crippen LogP contribution < -0.4 is 5.73 Å². The van der Waals surface area contributed by atoms with Crippen molar-refractivity contribution in [2.45, 2.75) is 57.9 Å². The minimum Gasteiger partial charge on any atom is -0.367 e. The van der Waals surface area contributed by atoms with Gasteiger partial charge in [-0.2, -0.15) is 0 Å². The van der Waals surface area contributed by atoms with E-state index in [1.54, 1.807) is 0 Å². The first-order valence-corrected chi connectivity index (χ1v) is 8.34. The molecular formula is C17H27BrN2O. The molecule has 21 heavy (non-hydrogen) atoms. The van der Waals surface area contributed by atoms with Gasteiger partial charge in [0.25, 0.3) is 0 Å². The van der Waals surface area contributed by atoms with Gasteiger partial charge >= 0.3 is 0 Å². The predicted molar refractivity (Wildman–Crippen MR) is 91.3 cm³/mol. The summed E-state index contributed by atoms with van der Waals surface area (Å²) >= 11 is 3.56. The Kier molecular flexibility index (Phi) is 4.84. The molecule has 0 aliphatic carbocycles. The Labute approximate surface area is 137 Å². The zero-order valence-corrected chi connectivity index (χ0v) is 15.3. The van der Waals surface area contributed by atoms with Gasteiger partial charge in [-0.05, 0) is 52.3 Å². The Hall–Kier alpha value is -0.420. The van der Waals surface area contributed by atoms with Gasteiger partial charge in [0.05, 0.1) is 11.2 Å². The molecule has 1 saturated heterocycles. The molecule has 1 aromatic rings. The molecule has 0 bridgehead atoms. The number of hydrogen-bond donors (Lipinski definition) is 1. The quantitative estimate of drug-likeness (QED) is 0.898. The summed E-state index contributed by atoms with van der Waals surface area (Å²) in [6.07, 6.45) is 0. The van der Waals surface area contributed by atoms with E-state index >= 15 is 0 Å². The van der Waals surface area contributed by atoms with Crippen molar-refractivity contribution in [3.05, 3.63) is 34.3 Å². The normalized spacial score (nSPS) is 24.5. The van der Waals surface area contributed by atoms with Crippen LogP contribution in [0.5, 0.6) is 0 Å². The zero-order chi connectivity index (χ0) is 15.8. The number of rotatable bonds is 3. The Morgan fingerprint density at radius 2 is 1.76 bits per heavy atom. The van der Waals surface area contributed by atoms with Gasteiger partial charge in [0.15, 0.2) is 0 Å². The molecule has 1 heterocycles. The maximum Gasteiger partial charge on any atom is 0.0761 e. The van der Waals surface area contributed by atoms with Crippen molar-refractivity contribution in [3.63, 3.8) is 0 Å². The molecule has 2 atom stereocenters. The molecule has 2 N–H and O–H groups in total. The van der Waals surface area contributed by atoms with Gasteiger partial charge in [-0.25, -0.2) is 0 Å². The highest BCUT2D eigenvalue weighted by Gasteiger charge is 2.41. The number of benzene rings is 1. The second kappa shape index (κ2) is 5.99. The zero-order valence-electron chi connectivity index (χ0n) is 13.7. The molecule has 0 saturated carbocycles. The fourth-order valence-corrected chi connectivity index (χ4v) is 4.00. The minimum atomic E-state index is -0.166. The highest BCUT2D eigenvalue weighted by Crippen LogP contribution is 2.35. The van der Waals surface area contributed by atoms with E-state index in [2.05, 4.69) is 79.7 Å². The van der Waals surface area contributed by atoms with Crippen LogP contribution in [-0.4, -0.2) is 35.2 Å². The molecule has 4 heteroatoms. The second-order valence-corrected chi connectivity index (χ2v) is 8.30. The van der Waals surface area contributed by atoms with Gasteiger partial charge in [-0.1, -0.05) is 28.1 Å². The smallest absolute Gasteiger partial charge is 0.0761 e. The van der Waals surface area contributed by atoms with Crippen molar-refractivity contribution in [1.82, 2.24) is 4.90 Å². The number of nitrogens with zero attached hydrogens (tertiary/aromatic N) is 1. The van der Waals surface area contributed by atoms with E-state index < -0.39 is 0 Å². The SMILES string of the molecule is CC(N)C(c1cccc(Br)c1)N1CC(C)(C)OC(C)(C)C1. The number of halogens is 1.